The van der Waals surface area contributed by atoms with Crippen LogP contribution in [0.25, 0.3) is 0 Å². The van der Waals surface area contributed by atoms with E-state index < -0.39 is 0 Å². The highest BCUT2D eigenvalue weighted by atomic mass is 14.9. The van der Waals surface area contributed by atoms with Gasteiger partial charge in [0.1, 0.15) is 0 Å². The van der Waals surface area contributed by atoms with E-state index >= 15 is 0 Å². The lowest BCUT2D eigenvalue weighted by molar-refractivity contribution is 0.775. The first-order valence-corrected chi connectivity index (χ1v) is 8.81. The molecule has 4 rings (SSSR count). The van der Waals surface area contributed by atoms with Gasteiger partial charge >= 0.3 is 0 Å². The lowest BCUT2D eigenvalue weighted by atomic mass is 9.89. The fraction of sp³-hybridized carbons (Fsp3) is 0.0909. The van der Waals surface area contributed by atoms with Crippen molar-refractivity contribution in [2.24, 2.45) is 0 Å². The number of anilines is 2. The minimum atomic E-state index is 0.122. The van der Waals surface area contributed by atoms with Crippen LogP contribution in [0.2, 0.25) is 0 Å². The third kappa shape index (κ3) is 4.15. The van der Waals surface area contributed by atoms with Crippen molar-refractivity contribution in [3.8, 4) is 0 Å². The Morgan fingerprint density at radius 1 is 0.704 bits per heavy atom. The van der Waals surface area contributed by atoms with E-state index in [1.165, 1.54) is 0 Å². The third-order valence-electron chi connectivity index (χ3n) is 4.40. The van der Waals surface area contributed by atoms with E-state index in [4.69, 9.17) is 0 Å². The van der Waals surface area contributed by atoms with E-state index in [9.17, 15) is 0 Å². The molecule has 132 valence electrons. The van der Waals surface area contributed by atoms with Crippen LogP contribution in [0.4, 0.5) is 11.4 Å². The van der Waals surface area contributed by atoms with Crippen LogP contribution in [-0.2, 0) is 6.42 Å². The highest BCUT2D eigenvalue weighted by Gasteiger charge is 2.18. The molecule has 4 aromatic heterocycles. The first-order valence-electron chi connectivity index (χ1n) is 8.81. The van der Waals surface area contributed by atoms with Gasteiger partial charge in [0.15, 0.2) is 0 Å². The van der Waals surface area contributed by atoms with E-state index in [-0.39, 0.29) is 5.92 Å². The molecule has 0 spiro atoms. The van der Waals surface area contributed by atoms with E-state index in [0.29, 0.717) is 0 Å². The monoisotopic (exact) mass is 353 g/mol. The van der Waals surface area contributed by atoms with Gasteiger partial charge in [0.2, 0.25) is 0 Å². The normalized spacial score (nSPS) is 10.7. The summed E-state index contributed by atoms with van der Waals surface area (Å²) in [6, 6.07) is 16.0. The summed E-state index contributed by atoms with van der Waals surface area (Å²) in [7, 11) is 0. The first-order chi connectivity index (χ1) is 13.4. The van der Waals surface area contributed by atoms with Gasteiger partial charge in [0.25, 0.3) is 0 Å². The number of rotatable bonds is 6. The standard InChI is InChI=1S/C22H19N5/c1-5-17(14-23-9-1)20(18-6-2-10-24-15-18)13-22-21(8-4-12-26-22)27-19-7-3-11-25-16-19/h1-12,14-16,20,27H,13H2. The summed E-state index contributed by atoms with van der Waals surface area (Å²) < 4.78 is 0. The van der Waals surface area contributed by atoms with Crippen molar-refractivity contribution in [3.05, 3.63) is 109 Å². The average Bonchev–Trinajstić information content (AvgIpc) is 2.75. The number of nitrogens with zero attached hydrogens (tertiary/aromatic N) is 4. The molecule has 0 bridgehead atoms. The molecular formula is C22H19N5. The highest BCUT2D eigenvalue weighted by molar-refractivity contribution is 5.61. The second kappa shape index (κ2) is 8.19. The maximum absolute atomic E-state index is 4.64. The van der Waals surface area contributed by atoms with Crippen molar-refractivity contribution in [1.29, 1.82) is 0 Å². The number of pyridine rings is 4. The van der Waals surface area contributed by atoms with Gasteiger partial charge in [-0.25, -0.2) is 0 Å². The predicted octanol–water partition coefficient (Wildman–Crippen LogP) is 4.38. The summed E-state index contributed by atoms with van der Waals surface area (Å²) in [5.41, 5.74) is 5.18. The molecule has 0 saturated heterocycles. The van der Waals surface area contributed by atoms with Gasteiger partial charge in [-0.2, -0.15) is 0 Å². The minimum absolute atomic E-state index is 0.122. The van der Waals surface area contributed by atoms with Crippen LogP contribution in [-0.4, -0.2) is 19.9 Å². The minimum Gasteiger partial charge on any atom is -0.353 e. The fourth-order valence-electron chi connectivity index (χ4n) is 3.09. The van der Waals surface area contributed by atoms with Crippen molar-refractivity contribution < 1.29 is 0 Å². The maximum atomic E-state index is 4.64. The number of aromatic nitrogens is 4. The number of hydrogen-bond acceptors (Lipinski definition) is 5. The predicted molar refractivity (Wildman–Crippen MR) is 106 cm³/mol. The molecule has 0 aromatic carbocycles. The molecule has 0 unspecified atom stereocenters. The Hall–Kier alpha value is -3.60. The van der Waals surface area contributed by atoms with E-state index in [2.05, 4.69) is 37.4 Å². The van der Waals surface area contributed by atoms with Crippen LogP contribution in [0.3, 0.4) is 0 Å². The molecule has 0 radical (unpaired) electrons. The van der Waals surface area contributed by atoms with Crippen LogP contribution >= 0.6 is 0 Å². The Kier molecular flexibility index (Phi) is 5.11. The Morgan fingerprint density at radius 2 is 1.33 bits per heavy atom. The summed E-state index contributed by atoms with van der Waals surface area (Å²) in [4.78, 5) is 17.4. The molecule has 0 aliphatic carbocycles. The second-order valence-corrected chi connectivity index (χ2v) is 6.19. The van der Waals surface area contributed by atoms with Gasteiger partial charge in [-0.15, -0.1) is 0 Å². The van der Waals surface area contributed by atoms with E-state index in [0.717, 1.165) is 34.6 Å². The van der Waals surface area contributed by atoms with Crippen molar-refractivity contribution in [1.82, 2.24) is 19.9 Å². The molecule has 1 N–H and O–H groups in total. The molecule has 4 heterocycles. The molecule has 5 nitrogen and oxygen atoms in total. The highest BCUT2D eigenvalue weighted by Crippen LogP contribution is 2.30. The Balaban J connectivity index is 1.68. The molecule has 0 amide bonds. The van der Waals surface area contributed by atoms with Crippen molar-refractivity contribution in [3.63, 3.8) is 0 Å². The molecule has 0 fully saturated rings. The SMILES string of the molecule is c1cncc(Nc2cccnc2CC(c2cccnc2)c2cccnc2)c1. The van der Waals surface area contributed by atoms with Crippen molar-refractivity contribution in [2.45, 2.75) is 12.3 Å². The zero-order chi connectivity index (χ0) is 18.3. The van der Waals surface area contributed by atoms with Gasteiger partial charge in [-0.1, -0.05) is 12.1 Å². The maximum Gasteiger partial charge on any atom is 0.0647 e. The average molecular weight is 353 g/mol. The molecule has 0 saturated carbocycles. The topological polar surface area (TPSA) is 63.6 Å². The van der Waals surface area contributed by atoms with Crippen LogP contribution in [0.1, 0.15) is 22.7 Å². The number of hydrogen-bond donors (Lipinski definition) is 1. The van der Waals surface area contributed by atoms with Gasteiger partial charge in [0.05, 0.1) is 23.3 Å². The third-order valence-corrected chi connectivity index (χ3v) is 4.40. The summed E-state index contributed by atoms with van der Waals surface area (Å²) in [5, 5.41) is 3.42. The Bertz CT molecular complexity index is 935. The molecular weight excluding hydrogens is 334 g/mol. The van der Waals surface area contributed by atoms with Crippen LogP contribution in [0, 0.1) is 0 Å². The molecule has 4 aromatic rings. The number of nitrogens with one attached hydrogen (secondary N) is 1. The Morgan fingerprint density at radius 3 is 1.93 bits per heavy atom. The lowest BCUT2D eigenvalue weighted by Gasteiger charge is -2.19. The molecule has 0 atom stereocenters. The Labute approximate surface area is 158 Å². The largest absolute Gasteiger partial charge is 0.353 e. The molecule has 27 heavy (non-hydrogen) atoms. The quantitative estimate of drug-likeness (QED) is 0.557. The fourth-order valence-corrected chi connectivity index (χ4v) is 3.09. The zero-order valence-electron chi connectivity index (χ0n) is 14.7. The van der Waals surface area contributed by atoms with Gasteiger partial charge in [0, 0.05) is 49.5 Å². The first kappa shape index (κ1) is 16.8. The summed E-state index contributed by atoms with van der Waals surface area (Å²) in [5.74, 6) is 0.122. The summed E-state index contributed by atoms with van der Waals surface area (Å²) >= 11 is 0. The molecule has 0 aliphatic rings. The van der Waals surface area contributed by atoms with E-state index in [1.807, 2.05) is 55.0 Å². The zero-order valence-corrected chi connectivity index (χ0v) is 14.7. The molecule has 5 heteroatoms. The van der Waals surface area contributed by atoms with Crippen LogP contribution < -0.4 is 5.32 Å². The van der Waals surface area contributed by atoms with Gasteiger partial charge in [-0.05, 0) is 47.5 Å². The van der Waals surface area contributed by atoms with Gasteiger partial charge in [-0.3, -0.25) is 19.9 Å². The smallest absolute Gasteiger partial charge is 0.0647 e. The summed E-state index contributed by atoms with van der Waals surface area (Å²) in [6.45, 7) is 0. The lowest BCUT2D eigenvalue weighted by Crippen LogP contribution is -2.09. The van der Waals surface area contributed by atoms with Crippen LogP contribution in [0.5, 0.6) is 0 Å². The second-order valence-electron chi connectivity index (χ2n) is 6.19. The van der Waals surface area contributed by atoms with Gasteiger partial charge < -0.3 is 5.32 Å². The van der Waals surface area contributed by atoms with Crippen LogP contribution in [0.15, 0.2) is 91.9 Å². The summed E-state index contributed by atoms with van der Waals surface area (Å²) in [6.07, 6.45) is 13.5. The van der Waals surface area contributed by atoms with Crippen molar-refractivity contribution in [2.75, 3.05) is 5.32 Å². The molecule has 0 aliphatic heterocycles. The van der Waals surface area contributed by atoms with Crippen molar-refractivity contribution >= 4 is 11.4 Å². The van der Waals surface area contributed by atoms with E-state index in [1.54, 1.807) is 24.8 Å².